The minimum atomic E-state index is -0.267. The molecule has 210 valence electrons. The van der Waals surface area contributed by atoms with Gasteiger partial charge in [0.05, 0.1) is 24.2 Å². The first-order chi connectivity index (χ1) is 19.6. The van der Waals surface area contributed by atoms with Crippen LogP contribution in [0.1, 0.15) is 37.2 Å². The molecule has 2 aromatic carbocycles. The minimum absolute atomic E-state index is 0.213. The summed E-state index contributed by atoms with van der Waals surface area (Å²) in [6.45, 7) is 6.07. The van der Waals surface area contributed by atoms with E-state index in [0.29, 0.717) is 12.6 Å². The van der Waals surface area contributed by atoms with E-state index in [0.717, 1.165) is 79.7 Å². The van der Waals surface area contributed by atoms with Gasteiger partial charge in [0.1, 0.15) is 17.4 Å². The van der Waals surface area contributed by atoms with Crippen LogP contribution in [0.5, 0.6) is 5.75 Å². The fraction of sp³-hybridized carbons (Fsp3) is 0.387. The van der Waals surface area contributed by atoms with Gasteiger partial charge in [-0.25, -0.2) is 19.3 Å². The number of nitrogens with zero attached hydrogens (tertiary/aromatic N) is 5. The van der Waals surface area contributed by atoms with Gasteiger partial charge in [0.2, 0.25) is 5.95 Å². The van der Waals surface area contributed by atoms with Gasteiger partial charge in [0, 0.05) is 64.1 Å². The van der Waals surface area contributed by atoms with E-state index in [1.165, 1.54) is 17.7 Å². The minimum Gasteiger partial charge on any atom is -0.497 e. The van der Waals surface area contributed by atoms with Crippen molar-refractivity contribution in [3.05, 3.63) is 78.0 Å². The standard InChI is InChI=1S/C31H37FN6O2/c1-4-33-31-34-17-16-27(35-31)30-29(23-8-10-24(32)11-9-23)36-28-15-12-25(38(28)30)21-37(18-5-19-39-2)20-22-6-13-26(40-3)14-7-22/h6-11,13-14,16-17,25H,4-5,12,15,18-21H2,1-3H3,(H,33,34,35). The highest BCUT2D eigenvalue weighted by atomic mass is 19.1. The van der Waals surface area contributed by atoms with E-state index >= 15 is 0 Å². The number of anilines is 1. The quantitative estimate of drug-likeness (QED) is 0.219. The summed E-state index contributed by atoms with van der Waals surface area (Å²) in [6, 6.07) is 17.0. The zero-order valence-electron chi connectivity index (χ0n) is 23.4. The first-order valence-corrected chi connectivity index (χ1v) is 13.9. The summed E-state index contributed by atoms with van der Waals surface area (Å²) in [5.41, 5.74) is 4.68. The van der Waals surface area contributed by atoms with Crippen LogP contribution in [0.15, 0.2) is 60.8 Å². The lowest BCUT2D eigenvalue weighted by Crippen LogP contribution is -2.31. The largest absolute Gasteiger partial charge is 0.497 e. The molecular weight excluding hydrogens is 507 g/mol. The average molecular weight is 545 g/mol. The maximum atomic E-state index is 13.8. The van der Waals surface area contributed by atoms with Gasteiger partial charge in [0.15, 0.2) is 0 Å². The van der Waals surface area contributed by atoms with Gasteiger partial charge in [-0.2, -0.15) is 0 Å². The van der Waals surface area contributed by atoms with Crippen LogP contribution in [0.3, 0.4) is 0 Å². The summed E-state index contributed by atoms with van der Waals surface area (Å²) < 4.78 is 26.9. The highest BCUT2D eigenvalue weighted by Gasteiger charge is 2.32. The first-order valence-electron chi connectivity index (χ1n) is 13.9. The number of hydrogen-bond acceptors (Lipinski definition) is 7. The average Bonchev–Trinajstić information content (AvgIpc) is 3.54. The van der Waals surface area contributed by atoms with Crippen molar-refractivity contribution >= 4 is 5.95 Å². The van der Waals surface area contributed by atoms with E-state index in [-0.39, 0.29) is 11.9 Å². The molecule has 0 aliphatic carbocycles. The van der Waals surface area contributed by atoms with Gasteiger partial charge < -0.3 is 19.4 Å². The van der Waals surface area contributed by atoms with Crippen LogP contribution in [0.4, 0.5) is 10.3 Å². The SMILES string of the molecule is CCNc1nccc(-c2c(-c3ccc(F)cc3)nc3n2C(CN(CCCOC)Cc2ccc(OC)cc2)CC3)n1. The van der Waals surface area contributed by atoms with E-state index in [9.17, 15) is 4.39 Å². The molecule has 2 aromatic heterocycles. The predicted molar refractivity (Wildman–Crippen MR) is 155 cm³/mol. The number of hydrogen-bond donors (Lipinski definition) is 1. The Labute approximate surface area is 235 Å². The van der Waals surface area contributed by atoms with Crippen molar-refractivity contribution in [3.63, 3.8) is 0 Å². The van der Waals surface area contributed by atoms with E-state index in [2.05, 4.69) is 31.9 Å². The summed E-state index contributed by atoms with van der Waals surface area (Å²) >= 11 is 0. The lowest BCUT2D eigenvalue weighted by atomic mass is 10.1. The molecule has 0 bridgehead atoms. The van der Waals surface area contributed by atoms with Crippen molar-refractivity contribution in [2.24, 2.45) is 0 Å². The summed E-state index contributed by atoms with van der Waals surface area (Å²) in [5, 5.41) is 3.22. The van der Waals surface area contributed by atoms with Gasteiger partial charge in [-0.05, 0) is 67.8 Å². The normalized spacial score (nSPS) is 14.5. The molecule has 1 unspecified atom stereocenters. The predicted octanol–water partition coefficient (Wildman–Crippen LogP) is 5.61. The molecule has 0 radical (unpaired) electrons. The Hall–Kier alpha value is -3.82. The molecule has 0 saturated heterocycles. The van der Waals surface area contributed by atoms with E-state index in [1.54, 1.807) is 32.5 Å². The number of methoxy groups -OCH3 is 2. The van der Waals surface area contributed by atoms with E-state index < -0.39 is 0 Å². The van der Waals surface area contributed by atoms with Crippen molar-refractivity contribution in [2.75, 3.05) is 45.8 Å². The summed E-state index contributed by atoms with van der Waals surface area (Å²) in [5.74, 6) is 2.20. The molecule has 3 heterocycles. The Morgan fingerprint density at radius 2 is 1.85 bits per heavy atom. The number of rotatable bonds is 13. The van der Waals surface area contributed by atoms with Crippen LogP contribution in [-0.4, -0.2) is 64.9 Å². The molecule has 9 heteroatoms. The Balaban J connectivity index is 1.50. The second kappa shape index (κ2) is 13.0. The maximum absolute atomic E-state index is 13.8. The molecule has 1 N–H and O–H groups in total. The zero-order chi connectivity index (χ0) is 27.9. The lowest BCUT2D eigenvalue weighted by molar-refractivity contribution is 0.161. The van der Waals surface area contributed by atoms with Crippen molar-refractivity contribution < 1.29 is 13.9 Å². The Bertz CT molecular complexity index is 1390. The van der Waals surface area contributed by atoms with Gasteiger partial charge in [-0.15, -0.1) is 0 Å². The molecule has 1 aliphatic rings. The number of imidazole rings is 1. The second-order valence-electron chi connectivity index (χ2n) is 10.0. The fourth-order valence-electron chi connectivity index (χ4n) is 5.39. The third kappa shape index (κ3) is 6.32. The van der Waals surface area contributed by atoms with Crippen LogP contribution < -0.4 is 10.1 Å². The van der Waals surface area contributed by atoms with Crippen molar-refractivity contribution in [3.8, 4) is 28.4 Å². The fourth-order valence-corrected chi connectivity index (χ4v) is 5.39. The zero-order valence-corrected chi connectivity index (χ0v) is 23.4. The smallest absolute Gasteiger partial charge is 0.223 e. The first kappa shape index (κ1) is 27.7. The number of ether oxygens (including phenoxy) is 2. The lowest BCUT2D eigenvalue weighted by Gasteiger charge is -2.27. The van der Waals surface area contributed by atoms with Gasteiger partial charge >= 0.3 is 0 Å². The molecule has 5 rings (SSSR count). The number of nitrogens with one attached hydrogen (secondary N) is 1. The molecule has 8 nitrogen and oxygen atoms in total. The molecule has 1 aliphatic heterocycles. The van der Waals surface area contributed by atoms with Crippen molar-refractivity contribution in [2.45, 2.75) is 38.8 Å². The topological polar surface area (TPSA) is 77.3 Å². The van der Waals surface area contributed by atoms with Crippen LogP contribution in [-0.2, 0) is 17.7 Å². The number of benzene rings is 2. The summed E-state index contributed by atoms with van der Waals surface area (Å²) in [4.78, 5) is 16.8. The molecule has 4 aromatic rings. The molecular formula is C31H37FN6O2. The molecule has 40 heavy (non-hydrogen) atoms. The number of halogens is 1. The second-order valence-corrected chi connectivity index (χ2v) is 10.0. The highest BCUT2D eigenvalue weighted by Crippen LogP contribution is 2.39. The van der Waals surface area contributed by atoms with E-state index in [4.69, 9.17) is 19.4 Å². The Morgan fingerprint density at radius 3 is 2.58 bits per heavy atom. The maximum Gasteiger partial charge on any atom is 0.223 e. The van der Waals surface area contributed by atoms with E-state index in [1.807, 2.05) is 25.1 Å². The number of aryl methyl sites for hydroxylation is 1. The monoisotopic (exact) mass is 544 g/mol. The molecule has 0 saturated carbocycles. The van der Waals surface area contributed by atoms with Crippen molar-refractivity contribution in [1.29, 1.82) is 0 Å². The molecule has 0 fully saturated rings. The highest BCUT2D eigenvalue weighted by molar-refractivity contribution is 5.78. The van der Waals surface area contributed by atoms with Crippen LogP contribution in [0.25, 0.3) is 22.6 Å². The summed E-state index contributed by atoms with van der Waals surface area (Å²) in [6.07, 6.45) is 4.59. The Morgan fingerprint density at radius 1 is 1.05 bits per heavy atom. The number of aromatic nitrogens is 4. The van der Waals surface area contributed by atoms with Crippen LogP contribution >= 0.6 is 0 Å². The van der Waals surface area contributed by atoms with Gasteiger partial charge in [-0.3, -0.25) is 4.90 Å². The Kier molecular flexibility index (Phi) is 9.03. The molecule has 0 spiro atoms. The van der Waals surface area contributed by atoms with Crippen LogP contribution in [0.2, 0.25) is 0 Å². The van der Waals surface area contributed by atoms with Gasteiger partial charge in [-0.1, -0.05) is 12.1 Å². The third-order valence-corrected chi connectivity index (χ3v) is 7.26. The number of fused-ring (bicyclic) bond motifs is 1. The summed E-state index contributed by atoms with van der Waals surface area (Å²) in [7, 11) is 3.43. The molecule has 0 amide bonds. The third-order valence-electron chi connectivity index (χ3n) is 7.26. The van der Waals surface area contributed by atoms with Gasteiger partial charge in [0.25, 0.3) is 0 Å². The van der Waals surface area contributed by atoms with Crippen LogP contribution in [0, 0.1) is 5.82 Å². The van der Waals surface area contributed by atoms with Crippen molar-refractivity contribution in [1.82, 2.24) is 24.4 Å². The molecule has 1 atom stereocenters.